The molecule has 0 spiro atoms. The van der Waals surface area contributed by atoms with Crippen LogP contribution >= 0.6 is 0 Å². The van der Waals surface area contributed by atoms with Crippen LogP contribution < -0.4 is 5.32 Å². The maximum absolute atomic E-state index is 12.5. The molecular formula is C17H20N4O4. The average molecular weight is 344 g/mol. The van der Waals surface area contributed by atoms with Crippen LogP contribution in [0.4, 0.5) is 5.69 Å². The van der Waals surface area contributed by atoms with Crippen LogP contribution in [0.5, 0.6) is 0 Å². The zero-order valence-electron chi connectivity index (χ0n) is 13.9. The van der Waals surface area contributed by atoms with Gasteiger partial charge in [-0.25, -0.2) is 4.68 Å². The summed E-state index contributed by atoms with van der Waals surface area (Å²) in [5.41, 5.74) is 0.0790. The molecule has 1 fully saturated rings. The minimum atomic E-state index is -0.484. The summed E-state index contributed by atoms with van der Waals surface area (Å²) in [7, 11) is 0. The Labute approximate surface area is 144 Å². The maximum atomic E-state index is 12.5. The van der Waals surface area contributed by atoms with E-state index in [9.17, 15) is 20.0 Å². The standard InChI is InChI=1S/C17H20N4O4/c1-17(11-22)9-4-7-15(17)18-16(23)12-8-10-20(19-12)13-5-2-3-6-14(13)21(24)25/h2-3,5-6,8,10,15,22H,4,7,9,11H2,1H3,(H,18,23)/t15-,17+/m1/s1. The minimum Gasteiger partial charge on any atom is -0.396 e. The highest BCUT2D eigenvalue weighted by Gasteiger charge is 2.39. The zero-order chi connectivity index (χ0) is 18.0. The molecule has 132 valence electrons. The topological polar surface area (TPSA) is 110 Å². The van der Waals surface area contributed by atoms with E-state index in [2.05, 4.69) is 10.4 Å². The lowest BCUT2D eigenvalue weighted by Gasteiger charge is -2.29. The number of amides is 1. The zero-order valence-corrected chi connectivity index (χ0v) is 13.9. The van der Waals surface area contributed by atoms with Crippen LogP contribution in [0.1, 0.15) is 36.7 Å². The van der Waals surface area contributed by atoms with Crippen molar-refractivity contribution in [1.29, 1.82) is 0 Å². The van der Waals surface area contributed by atoms with E-state index in [1.165, 1.54) is 23.0 Å². The second-order valence-corrected chi connectivity index (χ2v) is 6.62. The second kappa shape index (κ2) is 6.64. The number of hydrogen-bond donors (Lipinski definition) is 2. The van der Waals surface area contributed by atoms with E-state index < -0.39 is 4.92 Å². The highest BCUT2D eigenvalue weighted by molar-refractivity contribution is 5.92. The largest absolute Gasteiger partial charge is 0.396 e. The summed E-state index contributed by atoms with van der Waals surface area (Å²) in [6.45, 7) is 1.97. The van der Waals surface area contributed by atoms with Gasteiger partial charge in [0.05, 0.1) is 11.5 Å². The highest BCUT2D eigenvalue weighted by Crippen LogP contribution is 2.37. The molecule has 1 saturated carbocycles. The summed E-state index contributed by atoms with van der Waals surface area (Å²) in [5.74, 6) is -0.344. The molecule has 1 aliphatic carbocycles. The van der Waals surface area contributed by atoms with Crippen molar-refractivity contribution < 1.29 is 14.8 Å². The van der Waals surface area contributed by atoms with Gasteiger partial charge in [-0.3, -0.25) is 14.9 Å². The highest BCUT2D eigenvalue weighted by atomic mass is 16.6. The number of aliphatic hydroxyl groups is 1. The first-order chi connectivity index (χ1) is 11.9. The van der Waals surface area contributed by atoms with E-state index in [4.69, 9.17) is 0 Å². The number of benzene rings is 1. The van der Waals surface area contributed by atoms with Gasteiger partial charge in [0.1, 0.15) is 5.69 Å². The number of nitrogens with zero attached hydrogens (tertiary/aromatic N) is 3. The first kappa shape index (κ1) is 17.1. The van der Waals surface area contributed by atoms with Gasteiger partial charge in [0.15, 0.2) is 5.69 Å². The summed E-state index contributed by atoms with van der Waals surface area (Å²) in [4.78, 5) is 23.1. The molecule has 0 bridgehead atoms. The summed E-state index contributed by atoms with van der Waals surface area (Å²) < 4.78 is 1.33. The third kappa shape index (κ3) is 3.25. The van der Waals surface area contributed by atoms with Crippen molar-refractivity contribution in [2.45, 2.75) is 32.2 Å². The van der Waals surface area contributed by atoms with Gasteiger partial charge >= 0.3 is 0 Å². The van der Waals surface area contributed by atoms with Crippen LogP contribution in [-0.2, 0) is 0 Å². The Kier molecular flexibility index (Phi) is 4.54. The molecule has 25 heavy (non-hydrogen) atoms. The first-order valence-corrected chi connectivity index (χ1v) is 8.16. The van der Waals surface area contributed by atoms with Crippen LogP contribution in [0, 0.1) is 15.5 Å². The quantitative estimate of drug-likeness (QED) is 0.637. The van der Waals surface area contributed by atoms with Crippen LogP contribution in [0.2, 0.25) is 0 Å². The van der Waals surface area contributed by atoms with Crippen molar-refractivity contribution in [2.75, 3.05) is 6.61 Å². The summed E-state index contributed by atoms with van der Waals surface area (Å²) in [6, 6.07) is 7.64. The number of para-hydroxylation sites is 2. The van der Waals surface area contributed by atoms with Gasteiger partial charge in [-0.05, 0) is 25.0 Å². The van der Waals surface area contributed by atoms with E-state index in [1.807, 2.05) is 6.92 Å². The molecule has 0 aliphatic heterocycles. The predicted octanol–water partition coefficient (Wildman–Crippen LogP) is 2.06. The molecule has 1 aromatic carbocycles. The molecule has 2 aromatic rings. The fourth-order valence-electron chi connectivity index (χ4n) is 3.29. The van der Waals surface area contributed by atoms with Crippen molar-refractivity contribution in [3.8, 4) is 5.69 Å². The Morgan fingerprint density at radius 3 is 2.96 bits per heavy atom. The van der Waals surface area contributed by atoms with Crippen molar-refractivity contribution in [3.63, 3.8) is 0 Å². The number of nitro benzene ring substituents is 1. The third-order valence-electron chi connectivity index (χ3n) is 4.90. The maximum Gasteiger partial charge on any atom is 0.294 e. The Hall–Kier alpha value is -2.74. The number of rotatable bonds is 5. The fraction of sp³-hybridized carbons (Fsp3) is 0.412. The molecule has 1 aromatic heterocycles. The van der Waals surface area contributed by atoms with Crippen LogP contribution in [0.15, 0.2) is 36.5 Å². The molecule has 3 rings (SSSR count). The van der Waals surface area contributed by atoms with Gasteiger partial charge in [-0.15, -0.1) is 0 Å². The lowest BCUT2D eigenvalue weighted by molar-refractivity contribution is -0.384. The molecule has 1 amide bonds. The molecule has 2 atom stereocenters. The van der Waals surface area contributed by atoms with E-state index in [0.29, 0.717) is 5.69 Å². The number of aromatic nitrogens is 2. The Balaban J connectivity index is 1.80. The van der Waals surface area contributed by atoms with Gasteiger partial charge in [0.25, 0.3) is 11.6 Å². The van der Waals surface area contributed by atoms with Crippen LogP contribution in [-0.4, -0.2) is 38.4 Å². The van der Waals surface area contributed by atoms with Crippen molar-refractivity contribution >= 4 is 11.6 Å². The van der Waals surface area contributed by atoms with Crippen LogP contribution in [0.3, 0.4) is 0 Å². The second-order valence-electron chi connectivity index (χ2n) is 6.62. The van der Waals surface area contributed by atoms with Gasteiger partial charge in [-0.1, -0.05) is 25.5 Å². The summed E-state index contributed by atoms with van der Waals surface area (Å²) >= 11 is 0. The SMILES string of the molecule is C[C@@]1(CO)CCC[C@H]1NC(=O)c1ccn(-c2ccccc2[N+](=O)[O-])n1. The molecule has 0 unspecified atom stereocenters. The fourth-order valence-corrected chi connectivity index (χ4v) is 3.29. The lowest BCUT2D eigenvalue weighted by atomic mass is 9.86. The van der Waals surface area contributed by atoms with E-state index in [-0.39, 0.29) is 35.4 Å². The summed E-state index contributed by atoms with van der Waals surface area (Å²) in [5, 5.41) is 27.8. The van der Waals surface area contributed by atoms with E-state index >= 15 is 0 Å². The molecule has 8 heteroatoms. The molecular weight excluding hydrogens is 324 g/mol. The van der Waals surface area contributed by atoms with Crippen molar-refractivity contribution in [2.24, 2.45) is 5.41 Å². The first-order valence-electron chi connectivity index (χ1n) is 8.16. The molecule has 2 N–H and O–H groups in total. The minimum absolute atomic E-state index is 0.0165. The summed E-state index contributed by atoms with van der Waals surface area (Å²) in [6.07, 6.45) is 4.15. The Morgan fingerprint density at radius 1 is 1.48 bits per heavy atom. The van der Waals surface area contributed by atoms with E-state index in [1.54, 1.807) is 18.2 Å². The molecule has 0 saturated heterocycles. The van der Waals surface area contributed by atoms with Crippen LogP contribution in [0.25, 0.3) is 5.69 Å². The number of aliphatic hydroxyl groups excluding tert-OH is 1. The number of hydrogen-bond acceptors (Lipinski definition) is 5. The Bertz CT molecular complexity index is 803. The molecule has 8 nitrogen and oxygen atoms in total. The molecule has 0 radical (unpaired) electrons. The normalized spacial score (nSPS) is 22.7. The molecule has 1 heterocycles. The monoisotopic (exact) mass is 344 g/mol. The number of nitro groups is 1. The smallest absolute Gasteiger partial charge is 0.294 e. The van der Waals surface area contributed by atoms with Crippen molar-refractivity contribution in [1.82, 2.24) is 15.1 Å². The number of nitrogens with one attached hydrogen (secondary N) is 1. The van der Waals surface area contributed by atoms with E-state index in [0.717, 1.165) is 19.3 Å². The number of carbonyl (C=O) groups excluding carboxylic acids is 1. The lowest BCUT2D eigenvalue weighted by Crippen LogP contribution is -2.44. The predicted molar refractivity (Wildman–Crippen MR) is 90.5 cm³/mol. The van der Waals surface area contributed by atoms with Gasteiger partial charge in [0, 0.05) is 23.7 Å². The molecule has 1 aliphatic rings. The van der Waals surface area contributed by atoms with Gasteiger partial charge in [-0.2, -0.15) is 5.10 Å². The number of carbonyl (C=O) groups is 1. The van der Waals surface area contributed by atoms with Gasteiger partial charge in [0.2, 0.25) is 0 Å². The Morgan fingerprint density at radius 2 is 2.24 bits per heavy atom. The average Bonchev–Trinajstić information content (AvgIpc) is 3.23. The van der Waals surface area contributed by atoms with Gasteiger partial charge < -0.3 is 10.4 Å². The van der Waals surface area contributed by atoms with Crippen molar-refractivity contribution in [3.05, 3.63) is 52.3 Å². The third-order valence-corrected chi connectivity index (χ3v) is 4.90.